The molecule has 4 aliphatic rings. The molecule has 0 spiro atoms. The van der Waals surface area contributed by atoms with Gasteiger partial charge in [-0.05, 0) is 61.3 Å². The van der Waals surface area contributed by atoms with Gasteiger partial charge in [0.2, 0.25) is 10.0 Å². The monoisotopic (exact) mass is 425 g/mol. The van der Waals surface area contributed by atoms with Crippen LogP contribution < -0.4 is 4.83 Å². The van der Waals surface area contributed by atoms with Crippen LogP contribution >= 0.6 is 0 Å². The van der Waals surface area contributed by atoms with Crippen LogP contribution in [0.15, 0.2) is 21.9 Å². The van der Waals surface area contributed by atoms with Gasteiger partial charge in [0.15, 0.2) is 0 Å². The van der Waals surface area contributed by atoms with Crippen LogP contribution in [0.2, 0.25) is 0 Å². The van der Waals surface area contributed by atoms with Gasteiger partial charge < -0.3 is 5.21 Å². The number of fused-ring (bicyclic) bond motifs is 5. The minimum absolute atomic E-state index is 0.0761. The quantitative estimate of drug-likeness (QED) is 0.520. The molecular formula is C21H32FN3O3S. The standard InChI is InChI=1S/C21H32FN3O3S/c1-12-5-8-15-14-7-6-13-9-17(23-25-29(4,27)28)18(24-26)11-21(13,3)19(14)16(22)10-20(12,15)2/h9,12,14-16,19,25-26H,5-8,10-11H2,1-4H3/t12?,14-,15-,16?,19-,20+,21-/m0/s1. The molecule has 162 valence electrons. The Morgan fingerprint density at radius 3 is 2.66 bits per heavy atom. The lowest BCUT2D eigenvalue weighted by Gasteiger charge is -2.59. The van der Waals surface area contributed by atoms with E-state index in [-0.39, 0.29) is 11.3 Å². The molecule has 0 aromatic heterocycles. The van der Waals surface area contributed by atoms with E-state index >= 15 is 4.39 Å². The Hall–Kier alpha value is -1.44. The van der Waals surface area contributed by atoms with Crippen molar-refractivity contribution < 1.29 is 18.0 Å². The maximum absolute atomic E-state index is 15.8. The molecule has 0 saturated heterocycles. The third-order valence-electron chi connectivity index (χ3n) is 8.70. The molecule has 7 atom stereocenters. The van der Waals surface area contributed by atoms with Gasteiger partial charge in [-0.15, -0.1) is 0 Å². The zero-order chi connectivity index (χ0) is 21.2. The first kappa shape index (κ1) is 20.8. The average Bonchev–Trinajstić information content (AvgIpc) is 2.92. The molecule has 0 bridgehead atoms. The number of halogens is 1. The minimum atomic E-state index is -3.51. The number of hydrazone groups is 1. The minimum Gasteiger partial charge on any atom is -0.411 e. The van der Waals surface area contributed by atoms with Crippen LogP contribution in [-0.4, -0.2) is 37.5 Å². The Kier molecular flexibility index (Phi) is 4.87. The van der Waals surface area contributed by atoms with E-state index in [1.807, 2.05) is 6.08 Å². The van der Waals surface area contributed by atoms with E-state index in [9.17, 15) is 13.6 Å². The van der Waals surface area contributed by atoms with Gasteiger partial charge in [-0.1, -0.05) is 31.5 Å². The van der Waals surface area contributed by atoms with E-state index in [1.54, 1.807) is 0 Å². The highest BCUT2D eigenvalue weighted by Crippen LogP contribution is 2.66. The molecule has 0 aromatic rings. The van der Waals surface area contributed by atoms with Crippen LogP contribution in [0.4, 0.5) is 4.39 Å². The first-order chi connectivity index (χ1) is 13.5. The molecule has 0 aromatic carbocycles. The molecule has 3 saturated carbocycles. The highest BCUT2D eigenvalue weighted by atomic mass is 32.2. The molecular weight excluding hydrogens is 393 g/mol. The summed E-state index contributed by atoms with van der Waals surface area (Å²) in [4.78, 5) is 2.12. The fraction of sp³-hybridized carbons (Fsp3) is 0.810. The van der Waals surface area contributed by atoms with Gasteiger partial charge >= 0.3 is 0 Å². The summed E-state index contributed by atoms with van der Waals surface area (Å²) in [5.41, 5.74) is 1.37. The number of nitrogens with one attached hydrogen (secondary N) is 1. The number of nitrogens with zero attached hydrogens (tertiary/aromatic N) is 2. The maximum atomic E-state index is 15.8. The average molecular weight is 426 g/mol. The Balaban J connectivity index is 1.72. The Bertz CT molecular complexity index is 899. The van der Waals surface area contributed by atoms with E-state index < -0.39 is 21.6 Å². The summed E-state index contributed by atoms with van der Waals surface area (Å²) in [6.07, 6.45) is 7.08. The maximum Gasteiger partial charge on any atom is 0.244 e. The second-order valence-corrected chi connectivity index (χ2v) is 11.9. The van der Waals surface area contributed by atoms with E-state index in [4.69, 9.17) is 0 Å². The van der Waals surface area contributed by atoms with Crippen LogP contribution in [-0.2, 0) is 10.0 Å². The fourth-order valence-corrected chi connectivity index (χ4v) is 7.38. The summed E-state index contributed by atoms with van der Waals surface area (Å²) in [6, 6.07) is 0. The lowest BCUT2D eigenvalue weighted by Crippen LogP contribution is -2.56. The van der Waals surface area contributed by atoms with Crippen molar-refractivity contribution in [1.82, 2.24) is 4.83 Å². The molecule has 0 aliphatic heterocycles. The number of alkyl halides is 1. The second-order valence-electron chi connectivity index (χ2n) is 10.2. The van der Waals surface area contributed by atoms with E-state index in [2.05, 4.69) is 35.9 Å². The summed E-state index contributed by atoms with van der Waals surface area (Å²) < 4.78 is 38.6. The topological polar surface area (TPSA) is 91.1 Å². The molecule has 4 aliphatic carbocycles. The van der Waals surface area contributed by atoms with Crippen LogP contribution in [0.25, 0.3) is 0 Å². The van der Waals surface area contributed by atoms with E-state index in [0.29, 0.717) is 42.0 Å². The van der Waals surface area contributed by atoms with Gasteiger partial charge in [0.05, 0.1) is 6.26 Å². The van der Waals surface area contributed by atoms with Crippen molar-refractivity contribution in [2.75, 3.05) is 6.26 Å². The normalized spacial score (nSPS) is 47.3. The summed E-state index contributed by atoms with van der Waals surface area (Å²) >= 11 is 0. The summed E-state index contributed by atoms with van der Waals surface area (Å²) in [5, 5.41) is 16.9. The smallest absolute Gasteiger partial charge is 0.244 e. The van der Waals surface area contributed by atoms with Gasteiger partial charge in [-0.25, -0.2) is 17.6 Å². The number of sulfonamides is 1. The molecule has 6 nitrogen and oxygen atoms in total. The number of rotatable bonds is 2. The van der Waals surface area contributed by atoms with Gasteiger partial charge in [0.1, 0.15) is 17.6 Å². The van der Waals surface area contributed by atoms with E-state index in [1.165, 1.54) is 12.8 Å². The van der Waals surface area contributed by atoms with Crippen LogP contribution in [0, 0.1) is 34.5 Å². The molecule has 0 heterocycles. The van der Waals surface area contributed by atoms with Gasteiger partial charge in [0.25, 0.3) is 0 Å². The van der Waals surface area contributed by atoms with Gasteiger partial charge in [-0.3, -0.25) is 0 Å². The first-order valence-electron chi connectivity index (χ1n) is 10.6. The molecule has 0 amide bonds. The molecule has 3 fully saturated rings. The summed E-state index contributed by atoms with van der Waals surface area (Å²) in [6.45, 7) is 6.65. The van der Waals surface area contributed by atoms with E-state index in [0.717, 1.165) is 24.7 Å². The highest BCUT2D eigenvalue weighted by molar-refractivity contribution is 7.88. The van der Waals surface area contributed by atoms with Gasteiger partial charge in [-0.2, -0.15) is 5.10 Å². The van der Waals surface area contributed by atoms with Crippen molar-refractivity contribution in [3.63, 3.8) is 0 Å². The molecule has 2 unspecified atom stereocenters. The van der Waals surface area contributed by atoms with Crippen molar-refractivity contribution in [3.05, 3.63) is 11.6 Å². The summed E-state index contributed by atoms with van der Waals surface area (Å²) in [7, 11) is -3.51. The molecule has 29 heavy (non-hydrogen) atoms. The van der Waals surface area contributed by atoms with Crippen molar-refractivity contribution >= 4 is 21.4 Å². The molecule has 2 N–H and O–H groups in total. The van der Waals surface area contributed by atoms with Crippen molar-refractivity contribution in [3.8, 4) is 0 Å². The van der Waals surface area contributed by atoms with Crippen molar-refractivity contribution in [2.24, 2.45) is 44.8 Å². The number of hydrogen-bond donors (Lipinski definition) is 2. The van der Waals surface area contributed by atoms with Crippen molar-refractivity contribution in [2.45, 2.75) is 65.5 Å². The molecule has 8 heteroatoms. The highest BCUT2D eigenvalue weighted by Gasteiger charge is 2.62. The second kappa shape index (κ2) is 6.79. The number of hydrogen-bond acceptors (Lipinski definition) is 5. The lowest BCUT2D eigenvalue weighted by molar-refractivity contribution is -0.0926. The number of oxime groups is 1. The fourth-order valence-electron chi connectivity index (χ4n) is 7.12. The third kappa shape index (κ3) is 3.22. The summed E-state index contributed by atoms with van der Waals surface area (Å²) in [5.74, 6) is 1.33. The largest absolute Gasteiger partial charge is 0.411 e. The van der Waals surface area contributed by atoms with Crippen LogP contribution in [0.1, 0.15) is 59.3 Å². The molecule has 0 radical (unpaired) electrons. The lowest BCUT2D eigenvalue weighted by atomic mass is 9.46. The Labute approximate surface area is 172 Å². The zero-order valence-corrected chi connectivity index (χ0v) is 18.5. The Morgan fingerprint density at radius 2 is 2.00 bits per heavy atom. The first-order valence-corrected chi connectivity index (χ1v) is 12.5. The van der Waals surface area contributed by atoms with Crippen LogP contribution in [0.5, 0.6) is 0 Å². The third-order valence-corrected chi connectivity index (χ3v) is 9.12. The Morgan fingerprint density at radius 1 is 1.28 bits per heavy atom. The zero-order valence-electron chi connectivity index (χ0n) is 17.7. The van der Waals surface area contributed by atoms with Crippen LogP contribution in [0.3, 0.4) is 0 Å². The van der Waals surface area contributed by atoms with Crippen molar-refractivity contribution in [1.29, 1.82) is 0 Å². The number of allylic oxidation sites excluding steroid dienone is 2. The predicted molar refractivity (Wildman–Crippen MR) is 111 cm³/mol. The predicted octanol–water partition coefficient (Wildman–Crippen LogP) is 3.88. The molecule has 4 rings (SSSR count). The SMILES string of the molecule is CC1CC[C@H]2[C@@H]3CCC4=CC(=NNS(C)(=O)=O)C(=NO)C[C@]4(C)[C@@H]3C(F)C[C@]12C. The van der Waals surface area contributed by atoms with Gasteiger partial charge in [0, 0.05) is 17.8 Å².